The summed E-state index contributed by atoms with van der Waals surface area (Å²) in [5.41, 5.74) is 2.25. The van der Waals surface area contributed by atoms with E-state index in [4.69, 9.17) is 4.74 Å². The fourth-order valence-electron chi connectivity index (χ4n) is 4.88. The lowest BCUT2D eigenvalue weighted by molar-refractivity contribution is -0.504. The number of rotatable bonds is 6. The van der Waals surface area contributed by atoms with Gasteiger partial charge in [0.25, 0.3) is 0 Å². The number of allylic oxidation sites excluding steroid dienone is 2. The second kappa shape index (κ2) is 9.50. The summed E-state index contributed by atoms with van der Waals surface area (Å²) in [5, 5.41) is 9.66. The average Bonchev–Trinajstić information content (AvgIpc) is 2.86. The third-order valence-electron chi connectivity index (χ3n) is 7.02. The highest BCUT2D eigenvalue weighted by atomic mass is 16.6. The highest BCUT2D eigenvalue weighted by Crippen LogP contribution is 2.44. The van der Waals surface area contributed by atoms with Gasteiger partial charge in [0.15, 0.2) is 0 Å². The number of carbonyl (C=O) groups is 1. The molecule has 1 unspecified atom stereocenters. The topological polar surface area (TPSA) is 73.4 Å². The molecule has 1 fully saturated rings. The van der Waals surface area contributed by atoms with Gasteiger partial charge in [-0.2, -0.15) is 5.26 Å². The van der Waals surface area contributed by atoms with Gasteiger partial charge >= 0.3 is 6.09 Å². The minimum Gasteiger partial charge on any atom is -0.438 e. The van der Waals surface area contributed by atoms with Crippen LogP contribution >= 0.6 is 0 Å². The third-order valence-corrected chi connectivity index (χ3v) is 7.02. The van der Waals surface area contributed by atoms with Gasteiger partial charge in [-0.25, -0.2) is 4.79 Å². The Morgan fingerprint density at radius 3 is 2.49 bits per heavy atom. The Kier molecular flexibility index (Phi) is 6.62. The Balaban J connectivity index is 1.53. The van der Waals surface area contributed by atoms with Crippen molar-refractivity contribution in [3.8, 4) is 6.07 Å². The van der Waals surface area contributed by atoms with Crippen molar-refractivity contribution in [2.75, 3.05) is 6.54 Å². The van der Waals surface area contributed by atoms with Crippen LogP contribution < -0.4 is 0 Å². The zero-order valence-electron chi connectivity index (χ0n) is 20.8. The van der Waals surface area contributed by atoms with Crippen LogP contribution in [0.2, 0.25) is 0 Å². The molecule has 0 aromatic heterocycles. The highest BCUT2D eigenvalue weighted by Gasteiger charge is 2.46. The number of benzene rings is 2. The third kappa shape index (κ3) is 5.05. The number of carbonyl (C=O) groups excluding carboxylic acids is 1. The molecule has 180 valence electrons. The zero-order chi connectivity index (χ0) is 25.2. The molecule has 35 heavy (non-hydrogen) atoms. The van der Waals surface area contributed by atoms with Crippen molar-refractivity contribution < 1.29 is 14.3 Å². The first-order valence-electron chi connectivity index (χ1n) is 12.1. The van der Waals surface area contributed by atoms with Gasteiger partial charge in [0.2, 0.25) is 12.2 Å². The fraction of sp³-hybridized carbons (Fsp3) is 0.379. The van der Waals surface area contributed by atoms with Crippen molar-refractivity contribution in [1.29, 1.82) is 5.26 Å². The lowest BCUT2D eigenvalue weighted by Gasteiger charge is -2.45. The van der Waals surface area contributed by atoms with E-state index in [0.29, 0.717) is 19.4 Å². The Morgan fingerprint density at radius 1 is 1.20 bits per heavy atom. The maximum atomic E-state index is 13.3. The maximum absolute atomic E-state index is 13.3. The summed E-state index contributed by atoms with van der Waals surface area (Å²) in [7, 11) is 0. The summed E-state index contributed by atoms with van der Waals surface area (Å²) < 4.78 is 7.12. The molecule has 2 aliphatic rings. The molecule has 0 saturated carbocycles. The number of cyclic esters (lactones) is 1. The minimum absolute atomic E-state index is 0.162. The quantitative estimate of drug-likeness (QED) is 0.452. The second-order valence-electron chi connectivity index (χ2n) is 10.2. The van der Waals surface area contributed by atoms with E-state index in [2.05, 4.69) is 6.07 Å². The molecule has 1 amide bonds. The van der Waals surface area contributed by atoms with Gasteiger partial charge in [0.1, 0.15) is 5.60 Å². The number of nitriles is 1. The van der Waals surface area contributed by atoms with Gasteiger partial charge in [-0.3, -0.25) is 0 Å². The van der Waals surface area contributed by atoms with Crippen LogP contribution in [0.1, 0.15) is 63.3 Å². The van der Waals surface area contributed by atoms with E-state index < -0.39 is 11.0 Å². The summed E-state index contributed by atoms with van der Waals surface area (Å²) in [6.45, 7) is 8.13. The van der Waals surface area contributed by atoms with E-state index >= 15 is 0 Å². The van der Waals surface area contributed by atoms with Crippen LogP contribution in [0.5, 0.6) is 0 Å². The highest BCUT2D eigenvalue weighted by molar-refractivity contribution is 5.74. The summed E-state index contributed by atoms with van der Waals surface area (Å²) in [6, 6.07) is 19.7. The van der Waals surface area contributed by atoms with Crippen molar-refractivity contribution in [3.05, 3.63) is 94.5 Å². The Labute approximate surface area is 207 Å². The van der Waals surface area contributed by atoms with Crippen LogP contribution in [0.15, 0.2) is 72.9 Å². The second-order valence-corrected chi connectivity index (χ2v) is 10.2. The van der Waals surface area contributed by atoms with Gasteiger partial charge in [0.05, 0.1) is 23.1 Å². The molecule has 6 nitrogen and oxygen atoms in total. The summed E-state index contributed by atoms with van der Waals surface area (Å²) in [4.78, 5) is 27.0. The van der Waals surface area contributed by atoms with E-state index in [9.17, 15) is 15.0 Å². The maximum Gasteiger partial charge on any atom is 0.411 e. The molecule has 4 rings (SSSR count). The van der Waals surface area contributed by atoms with Crippen LogP contribution in [-0.2, 0) is 10.3 Å². The molecule has 2 aliphatic heterocycles. The molecular weight excluding hydrogens is 438 g/mol. The minimum atomic E-state index is -0.835. The van der Waals surface area contributed by atoms with Crippen LogP contribution in [0.3, 0.4) is 0 Å². The standard InChI is InChI=1S/C29H32N3O3/c1-21-10-11-25(18-32(21)34)24-14-12-23(13-15-24)22(2)31-17-16-29(35-27(31)33,19-28(3,4)20-30)26-8-6-5-7-9-26/h5-15,18,21-22H,16-17,19H2,1-4H3/q+1/t21?,22-,29-/m0/s1. The molecule has 2 heterocycles. The largest absolute Gasteiger partial charge is 0.438 e. The molecule has 0 spiro atoms. The first-order valence-corrected chi connectivity index (χ1v) is 12.1. The number of hydrogen-bond acceptors (Lipinski definition) is 4. The van der Waals surface area contributed by atoms with Crippen LogP contribution in [0.4, 0.5) is 4.79 Å². The van der Waals surface area contributed by atoms with E-state index in [1.807, 2.05) is 94.4 Å². The molecule has 0 bridgehead atoms. The van der Waals surface area contributed by atoms with Gasteiger partial charge in [-0.1, -0.05) is 54.6 Å². The molecule has 2 aromatic carbocycles. The molecule has 2 aromatic rings. The molecule has 0 radical (unpaired) electrons. The Morgan fingerprint density at radius 2 is 1.89 bits per heavy atom. The van der Waals surface area contributed by atoms with E-state index in [0.717, 1.165) is 27.0 Å². The van der Waals surface area contributed by atoms with Crippen LogP contribution in [-0.4, -0.2) is 28.3 Å². The predicted molar refractivity (Wildman–Crippen MR) is 135 cm³/mol. The van der Waals surface area contributed by atoms with Crippen molar-refractivity contribution >= 4 is 11.7 Å². The first kappa shape index (κ1) is 24.4. The fourth-order valence-corrected chi connectivity index (χ4v) is 4.88. The van der Waals surface area contributed by atoms with E-state index in [-0.39, 0.29) is 18.2 Å². The smallest absolute Gasteiger partial charge is 0.411 e. The number of hydrogen-bond donors (Lipinski definition) is 0. The summed E-state index contributed by atoms with van der Waals surface area (Å²) in [5.74, 6) is 0. The molecule has 6 heteroatoms. The molecule has 1 saturated heterocycles. The number of amides is 1. The van der Waals surface area contributed by atoms with Gasteiger partial charge in [-0.15, -0.1) is 0 Å². The van der Waals surface area contributed by atoms with Crippen molar-refractivity contribution in [3.63, 3.8) is 0 Å². The zero-order valence-corrected chi connectivity index (χ0v) is 20.8. The van der Waals surface area contributed by atoms with Gasteiger partial charge in [0, 0.05) is 36.0 Å². The predicted octanol–water partition coefficient (Wildman–Crippen LogP) is 6.50. The normalized spacial score (nSPS) is 23.3. The average molecular weight is 471 g/mol. The molecule has 0 aliphatic carbocycles. The first-order chi connectivity index (χ1) is 16.6. The van der Waals surface area contributed by atoms with Gasteiger partial charge < -0.3 is 9.64 Å². The van der Waals surface area contributed by atoms with Crippen molar-refractivity contribution in [2.45, 2.75) is 58.2 Å². The molecular formula is C29H32N3O3+. The number of nitroso groups, excluding NO2 is 1. The summed E-state index contributed by atoms with van der Waals surface area (Å²) in [6.07, 6.45) is 6.11. The number of ether oxygens (including phenoxy) is 1. The van der Waals surface area contributed by atoms with Crippen LogP contribution in [0.25, 0.3) is 5.57 Å². The van der Waals surface area contributed by atoms with Crippen molar-refractivity contribution in [1.82, 2.24) is 4.90 Å². The van der Waals surface area contributed by atoms with Gasteiger partial charge in [-0.05, 0) is 49.6 Å². The molecule has 0 N–H and O–H groups in total. The van der Waals surface area contributed by atoms with E-state index in [1.165, 1.54) is 0 Å². The monoisotopic (exact) mass is 470 g/mol. The Hall–Kier alpha value is -3.72. The summed E-state index contributed by atoms with van der Waals surface area (Å²) >= 11 is 0. The lowest BCUT2D eigenvalue weighted by Crippen LogP contribution is -2.50. The number of nitrogens with zero attached hydrogens (tertiary/aromatic N) is 3. The SMILES string of the molecule is CC1C=CC(c2ccc([C@H](C)N3CC[C@](CC(C)(C)C#N)(c4ccccc4)OC3=O)cc2)=C[N+]1=O. The van der Waals surface area contributed by atoms with Crippen molar-refractivity contribution in [2.24, 2.45) is 5.41 Å². The molecule has 3 atom stereocenters. The Bertz CT molecular complexity index is 1210. The van der Waals surface area contributed by atoms with E-state index in [1.54, 1.807) is 11.1 Å². The lowest BCUT2D eigenvalue weighted by atomic mass is 9.75. The van der Waals surface area contributed by atoms with Crippen LogP contribution in [0, 0.1) is 21.7 Å².